The summed E-state index contributed by atoms with van der Waals surface area (Å²) in [6.45, 7) is 3.15. The number of carbonyl (C=O) groups excluding carboxylic acids is 1. The lowest BCUT2D eigenvalue weighted by Gasteiger charge is -1.97. The topological polar surface area (TPSA) is 53.5 Å². The second-order valence-electron chi connectivity index (χ2n) is 1.60. The van der Waals surface area contributed by atoms with Gasteiger partial charge < -0.3 is 10.7 Å². The van der Waals surface area contributed by atoms with Crippen molar-refractivity contribution in [2.75, 3.05) is 7.05 Å². The second kappa shape index (κ2) is 3.88. The molecule has 0 bridgehead atoms. The van der Waals surface area contributed by atoms with Crippen LogP contribution < -0.4 is 10.7 Å². The van der Waals surface area contributed by atoms with Crippen LogP contribution in [0.4, 0.5) is 0 Å². The molecule has 0 radical (unpaired) electrons. The lowest BCUT2D eigenvalue weighted by atomic mass is 10.6. The Kier molecular flexibility index (Phi) is 3.43. The Hall–Kier alpha value is -1.06. The van der Waals surface area contributed by atoms with E-state index in [0.29, 0.717) is 5.84 Å². The molecule has 0 saturated carbocycles. The first kappa shape index (κ1) is 7.94. The van der Waals surface area contributed by atoms with Crippen LogP contribution in [-0.4, -0.2) is 18.8 Å². The highest BCUT2D eigenvalue weighted by Gasteiger charge is 1.90. The van der Waals surface area contributed by atoms with E-state index in [1.54, 1.807) is 14.0 Å². The molecule has 0 aromatic heterocycles. The maximum Gasteiger partial charge on any atom is 0.222 e. The Morgan fingerprint density at radius 2 is 2.00 bits per heavy atom. The van der Waals surface area contributed by atoms with Crippen LogP contribution in [0.5, 0.6) is 0 Å². The molecular weight excluding hydrogens is 118 g/mol. The van der Waals surface area contributed by atoms with E-state index in [1.807, 2.05) is 0 Å². The van der Waals surface area contributed by atoms with E-state index in [4.69, 9.17) is 0 Å². The van der Waals surface area contributed by atoms with Gasteiger partial charge in [-0.2, -0.15) is 5.10 Å². The van der Waals surface area contributed by atoms with Gasteiger partial charge in [-0.05, 0) is 6.92 Å². The van der Waals surface area contributed by atoms with E-state index in [2.05, 4.69) is 15.8 Å². The summed E-state index contributed by atoms with van der Waals surface area (Å²) in [4.78, 5) is 10.3. The van der Waals surface area contributed by atoms with Gasteiger partial charge in [-0.25, -0.2) is 0 Å². The first-order chi connectivity index (χ1) is 4.16. The number of nitrogens with zero attached hydrogens (tertiary/aromatic N) is 1. The molecule has 0 fully saturated rings. The molecule has 0 aromatic rings. The molecule has 2 N–H and O–H groups in total. The lowest BCUT2D eigenvalue weighted by molar-refractivity contribution is -0.117. The van der Waals surface area contributed by atoms with Crippen LogP contribution in [0.1, 0.15) is 13.8 Å². The van der Waals surface area contributed by atoms with Crippen molar-refractivity contribution in [3.63, 3.8) is 0 Å². The fourth-order valence-electron chi connectivity index (χ4n) is 0.450. The predicted molar refractivity (Wildman–Crippen MR) is 36.0 cm³/mol. The molecule has 0 atom stereocenters. The van der Waals surface area contributed by atoms with Gasteiger partial charge in [0.25, 0.3) is 0 Å². The summed E-state index contributed by atoms with van der Waals surface area (Å²) in [5.41, 5.74) is 2.55. The third kappa shape index (κ3) is 4.80. The van der Waals surface area contributed by atoms with Crippen LogP contribution in [0.25, 0.3) is 0 Å². The second-order valence-corrected chi connectivity index (χ2v) is 1.60. The largest absolute Gasteiger partial charge is 0.313 e. The minimum absolute atomic E-state index is 0.105. The van der Waals surface area contributed by atoms with Crippen LogP contribution in [-0.2, 0) is 4.79 Å². The van der Waals surface area contributed by atoms with Crippen LogP contribution in [0.15, 0.2) is 5.10 Å². The summed E-state index contributed by atoms with van der Waals surface area (Å²) >= 11 is 0. The number of amidine groups is 1. The number of nitrogens with one attached hydrogen (secondary N) is 2. The van der Waals surface area contributed by atoms with E-state index in [9.17, 15) is 4.79 Å². The smallest absolute Gasteiger partial charge is 0.222 e. The molecule has 0 saturated heterocycles. The predicted octanol–water partition coefficient (Wildman–Crippen LogP) is -0.325. The zero-order valence-electron chi connectivity index (χ0n) is 5.86. The number of hydrazone groups is 1. The number of hydrogen-bond acceptors (Lipinski definition) is 3. The van der Waals surface area contributed by atoms with E-state index in [1.165, 1.54) is 6.92 Å². The van der Waals surface area contributed by atoms with Crippen molar-refractivity contribution in [1.82, 2.24) is 10.7 Å². The minimum atomic E-state index is -0.105. The standard InChI is InChI=1S/C5H11N3O/c1-4(8-6-3)7-5(2)9/h6H,1-3H3,(H,7,8,9). The summed E-state index contributed by atoms with van der Waals surface area (Å²) in [7, 11) is 1.67. The highest BCUT2D eigenvalue weighted by molar-refractivity contribution is 5.95. The monoisotopic (exact) mass is 129 g/mol. The van der Waals surface area contributed by atoms with Crippen molar-refractivity contribution in [3.8, 4) is 0 Å². The number of hydrogen-bond donors (Lipinski definition) is 2. The summed E-state index contributed by atoms with van der Waals surface area (Å²) in [6.07, 6.45) is 0. The van der Waals surface area contributed by atoms with Crippen molar-refractivity contribution in [1.29, 1.82) is 0 Å². The zero-order chi connectivity index (χ0) is 7.28. The molecule has 0 aliphatic carbocycles. The molecule has 0 spiro atoms. The van der Waals surface area contributed by atoms with Crippen molar-refractivity contribution in [3.05, 3.63) is 0 Å². The number of rotatable bonds is 1. The first-order valence-corrected chi connectivity index (χ1v) is 2.65. The Labute approximate surface area is 54.3 Å². The third-order valence-corrected chi connectivity index (χ3v) is 0.636. The molecule has 9 heavy (non-hydrogen) atoms. The molecular formula is C5H11N3O. The third-order valence-electron chi connectivity index (χ3n) is 0.636. The summed E-state index contributed by atoms with van der Waals surface area (Å²) in [6, 6.07) is 0. The molecule has 0 rings (SSSR count). The zero-order valence-corrected chi connectivity index (χ0v) is 5.86. The van der Waals surface area contributed by atoms with Crippen LogP contribution >= 0.6 is 0 Å². The van der Waals surface area contributed by atoms with Crippen LogP contribution in [0.2, 0.25) is 0 Å². The average Bonchev–Trinajstić information content (AvgIpc) is 1.63. The van der Waals surface area contributed by atoms with Gasteiger partial charge >= 0.3 is 0 Å². The highest BCUT2D eigenvalue weighted by Crippen LogP contribution is 1.66. The summed E-state index contributed by atoms with van der Waals surface area (Å²) in [5, 5.41) is 6.19. The van der Waals surface area contributed by atoms with Gasteiger partial charge in [0.15, 0.2) is 0 Å². The van der Waals surface area contributed by atoms with Crippen molar-refractivity contribution >= 4 is 11.7 Å². The quantitative estimate of drug-likeness (QED) is 0.289. The van der Waals surface area contributed by atoms with Crippen molar-refractivity contribution in [2.24, 2.45) is 5.10 Å². The van der Waals surface area contributed by atoms with Gasteiger partial charge in [-0.1, -0.05) is 0 Å². The molecule has 0 aliphatic rings. The molecule has 1 amide bonds. The SMILES string of the molecule is CN/N=C(/C)NC(C)=O. The van der Waals surface area contributed by atoms with Gasteiger partial charge in [-0.3, -0.25) is 4.79 Å². The van der Waals surface area contributed by atoms with Crippen molar-refractivity contribution < 1.29 is 4.79 Å². The van der Waals surface area contributed by atoms with Gasteiger partial charge in [0, 0.05) is 14.0 Å². The Morgan fingerprint density at radius 1 is 1.44 bits per heavy atom. The summed E-state index contributed by atoms with van der Waals surface area (Å²) < 4.78 is 0. The van der Waals surface area contributed by atoms with E-state index in [0.717, 1.165) is 0 Å². The Morgan fingerprint density at radius 3 is 2.33 bits per heavy atom. The fraction of sp³-hybridized carbons (Fsp3) is 0.600. The molecule has 0 unspecified atom stereocenters. The normalized spacial score (nSPS) is 10.8. The lowest BCUT2D eigenvalue weighted by Crippen LogP contribution is -2.26. The summed E-state index contributed by atoms with van der Waals surface area (Å²) in [5.74, 6) is 0.469. The van der Waals surface area contributed by atoms with Gasteiger partial charge in [0.05, 0.1) is 0 Å². The van der Waals surface area contributed by atoms with Crippen molar-refractivity contribution in [2.45, 2.75) is 13.8 Å². The van der Waals surface area contributed by atoms with Gasteiger partial charge in [-0.15, -0.1) is 0 Å². The minimum Gasteiger partial charge on any atom is -0.313 e. The maximum atomic E-state index is 10.3. The molecule has 0 heterocycles. The molecule has 52 valence electrons. The number of amides is 1. The van der Waals surface area contributed by atoms with E-state index >= 15 is 0 Å². The number of carbonyl (C=O) groups is 1. The Balaban J connectivity index is 3.62. The molecule has 4 nitrogen and oxygen atoms in total. The van der Waals surface area contributed by atoms with Gasteiger partial charge in [0.2, 0.25) is 5.91 Å². The molecule has 0 aliphatic heterocycles. The highest BCUT2D eigenvalue weighted by atomic mass is 16.1. The fourth-order valence-corrected chi connectivity index (χ4v) is 0.450. The van der Waals surface area contributed by atoms with Crippen LogP contribution in [0.3, 0.4) is 0 Å². The molecule has 4 heteroatoms. The average molecular weight is 129 g/mol. The molecule has 0 aromatic carbocycles. The van der Waals surface area contributed by atoms with E-state index < -0.39 is 0 Å². The first-order valence-electron chi connectivity index (χ1n) is 2.65. The van der Waals surface area contributed by atoms with Crippen LogP contribution in [0, 0.1) is 0 Å². The Bertz CT molecular complexity index is 130. The maximum absolute atomic E-state index is 10.3. The van der Waals surface area contributed by atoms with E-state index in [-0.39, 0.29) is 5.91 Å². The van der Waals surface area contributed by atoms with Gasteiger partial charge in [0.1, 0.15) is 5.84 Å².